The Balaban J connectivity index is 0.000000243. The van der Waals surface area contributed by atoms with E-state index in [-0.39, 0.29) is 58.8 Å². The number of thiophene rings is 3. The lowest BCUT2D eigenvalue weighted by molar-refractivity contribution is -0.167. The van der Waals surface area contributed by atoms with Crippen LogP contribution in [-0.4, -0.2) is 110 Å². The number of hydrogen-bond donors (Lipinski definition) is 4. The van der Waals surface area contributed by atoms with Crippen molar-refractivity contribution in [2.24, 2.45) is 22.2 Å². The Morgan fingerprint density at radius 1 is 0.470 bits per heavy atom. The quantitative estimate of drug-likeness (QED) is 0.0412. The fraction of sp³-hybridized carbons (Fsp3) is 0.558. The van der Waals surface area contributed by atoms with Crippen molar-refractivity contribution in [2.75, 3.05) is 34.4 Å². The molecule has 0 spiro atoms. The van der Waals surface area contributed by atoms with Crippen molar-refractivity contribution in [3.8, 4) is 20.9 Å². The van der Waals surface area contributed by atoms with E-state index in [9.17, 15) is 33.9 Å². The summed E-state index contributed by atoms with van der Waals surface area (Å²) in [6.45, 7) is 55.9. The van der Waals surface area contributed by atoms with E-state index in [1.807, 2.05) is 178 Å². The normalized spacial score (nSPS) is 17.3. The molecule has 3 amide bonds. The van der Waals surface area contributed by atoms with E-state index in [4.69, 9.17) is 44.6 Å². The molecule has 4 heterocycles. The van der Waals surface area contributed by atoms with Gasteiger partial charge in [0.15, 0.2) is 18.3 Å². The van der Waals surface area contributed by atoms with Gasteiger partial charge in [0.05, 0.1) is 41.2 Å². The first kappa shape index (κ1) is 98.8. The first-order chi connectivity index (χ1) is 54.1. The predicted molar refractivity (Wildman–Crippen MR) is 484 cm³/mol. The fourth-order valence-corrected chi connectivity index (χ4v) is 17.7. The summed E-state index contributed by atoms with van der Waals surface area (Å²) in [4.78, 5) is 79.0. The SMILES string of the molecule is CC(C)C.CCOC(=O)C(OC(C)(C)C)c1c(C)sc(-c2ccc(C(=O)NC)cc2)c1C1=CCC(C)(C)CC1.CCOC(=O)C(OC(C)(C)C)c1c(C)sc(Cl)c1C1=CCC(C)(C)CC1.CNC(=O)c1ccc(-c2sc(C)c(C(OC(C)(C)C)C(=O)O)c2C2=CCC(C)(C)CC2)cc1.CNC(=O)c1ccc(B2OC(C)(C)C(C)(C)O2)cc1. The van der Waals surface area contributed by atoms with Gasteiger partial charge in [-0.15, -0.1) is 34.0 Å². The molecule has 10 rings (SSSR count). The highest BCUT2D eigenvalue weighted by atomic mass is 35.5. The third kappa shape index (κ3) is 27.5. The highest BCUT2D eigenvalue weighted by molar-refractivity contribution is 7.17. The molecule has 6 aromatic rings. The number of nitrogens with one attached hydrogen (secondary N) is 3. The molecule has 1 aliphatic heterocycles. The summed E-state index contributed by atoms with van der Waals surface area (Å²) in [5, 5.41) is 18.1. The molecule has 0 saturated carbocycles. The van der Waals surface area contributed by atoms with Crippen LogP contribution in [0.15, 0.2) is 91.0 Å². The first-order valence-electron chi connectivity index (χ1n) is 41.2. The molecule has 3 aliphatic carbocycles. The van der Waals surface area contributed by atoms with E-state index in [0.717, 1.165) is 142 Å². The topological polar surface area (TPSA) is 223 Å². The van der Waals surface area contributed by atoms with Gasteiger partial charge in [-0.05, 0) is 274 Å². The minimum absolute atomic E-state index is 0.0968. The van der Waals surface area contributed by atoms with Gasteiger partial charge in [-0.25, -0.2) is 14.4 Å². The summed E-state index contributed by atoms with van der Waals surface area (Å²) in [5.74, 6) is -1.20. The van der Waals surface area contributed by atoms with Crippen molar-refractivity contribution >= 4 is 111 Å². The zero-order valence-electron chi connectivity index (χ0n) is 75.7. The van der Waals surface area contributed by atoms with Crippen LogP contribution in [0.2, 0.25) is 4.34 Å². The number of esters is 2. The van der Waals surface area contributed by atoms with Gasteiger partial charge in [-0.3, -0.25) is 14.4 Å². The lowest BCUT2D eigenvalue weighted by Gasteiger charge is -2.32. The van der Waals surface area contributed by atoms with Crippen LogP contribution in [0.25, 0.3) is 37.6 Å². The summed E-state index contributed by atoms with van der Waals surface area (Å²) in [5.41, 5.74) is 12.5. The smallest absolute Gasteiger partial charge is 0.479 e. The number of carbonyl (C=O) groups excluding carboxylic acids is 5. The van der Waals surface area contributed by atoms with Gasteiger partial charge in [0.1, 0.15) is 4.34 Å². The van der Waals surface area contributed by atoms with E-state index >= 15 is 0 Å². The Morgan fingerprint density at radius 2 is 0.752 bits per heavy atom. The van der Waals surface area contributed by atoms with Gasteiger partial charge in [0, 0.05) is 95.6 Å². The van der Waals surface area contributed by atoms with Crippen molar-refractivity contribution in [3.63, 3.8) is 0 Å². The van der Waals surface area contributed by atoms with E-state index < -0.39 is 41.1 Å². The standard InChI is InChI=1S/C29H39NO4S.C27H35NO4S.C21H31ClO3S.C14H20BNO3.C4H10/c1-9-33-27(32)24(34-28(3,4)5)22-18(2)35-25(20-10-12-21(13-11-20)26(31)30-8)23(22)19-14-16-29(6,7)17-15-19;1-16-20(22(25(30)31)32-26(2,3)4)21(17-12-14-27(5,6)15-13-17)23(33-16)18-8-10-19(11-9-18)24(29)28-7;1-8-24-19(23)17(25-20(3,4)5)15-13(2)26-18(22)16(15)14-9-11-21(6,7)12-10-14;1-13(2)14(3,4)19-15(18-13)11-8-6-10(7-9-11)12(17)16-5;1-4(2)3/h10-14,24H,9,15-17H2,1-8H3,(H,30,31);8-12,22H,13-15H2,1-7H3,(H,28,29)(H,30,31);9,17H,8,10-12H2,1-7H3;6-9H,1-5H3,(H,16,17);4H,1-3H3. The number of amides is 3. The monoisotopic (exact) mass is 1680 g/mol. The number of aryl methyl sites for hydroxylation is 3. The first-order valence-corrected chi connectivity index (χ1v) is 44.0. The zero-order chi connectivity index (χ0) is 88.1. The molecule has 3 aromatic carbocycles. The predicted octanol–water partition coefficient (Wildman–Crippen LogP) is 23.4. The molecule has 3 aromatic heterocycles. The maximum Gasteiger partial charge on any atom is 0.494 e. The maximum absolute atomic E-state index is 13.2. The number of carbonyl (C=O) groups is 6. The maximum atomic E-state index is 13.2. The average Bonchev–Trinajstić information content (AvgIpc) is 1.63. The Morgan fingerprint density at radius 3 is 1.03 bits per heavy atom. The Hall–Kier alpha value is -7.05. The highest BCUT2D eigenvalue weighted by Gasteiger charge is 2.52. The third-order valence-corrected chi connectivity index (χ3v) is 24.5. The third-order valence-electron chi connectivity index (χ3n) is 20.9. The van der Waals surface area contributed by atoms with Gasteiger partial charge in [0.2, 0.25) is 0 Å². The van der Waals surface area contributed by atoms with Crippen LogP contribution in [0.4, 0.5) is 0 Å². The summed E-state index contributed by atoms with van der Waals surface area (Å²) < 4.78 is 42.0. The molecule has 0 radical (unpaired) electrons. The number of hydrogen-bond acceptors (Lipinski definition) is 16. The number of ether oxygens (including phenoxy) is 5. The van der Waals surface area contributed by atoms with E-state index in [1.165, 1.54) is 28.1 Å². The Labute approximate surface area is 717 Å². The zero-order valence-corrected chi connectivity index (χ0v) is 78.9. The lowest BCUT2D eigenvalue weighted by Crippen LogP contribution is -2.41. The van der Waals surface area contributed by atoms with Crippen LogP contribution in [-0.2, 0) is 47.4 Å². The van der Waals surface area contributed by atoms with Crippen molar-refractivity contribution in [1.29, 1.82) is 0 Å². The Kier molecular flexibility index (Phi) is 34.6. The second-order valence-electron chi connectivity index (χ2n) is 37.6. The van der Waals surface area contributed by atoms with Gasteiger partial charge in [-0.1, -0.05) is 129 Å². The summed E-state index contributed by atoms with van der Waals surface area (Å²) in [6.07, 6.45) is 13.2. The molecule has 22 heteroatoms. The molecule has 17 nitrogen and oxygen atoms in total. The number of benzene rings is 3. The number of carboxylic acids is 1. The van der Waals surface area contributed by atoms with Gasteiger partial charge < -0.3 is 54.0 Å². The molecule has 1 fully saturated rings. The number of halogens is 1. The molecule has 3 atom stereocenters. The highest BCUT2D eigenvalue weighted by Crippen LogP contribution is 2.53. The van der Waals surface area contributed by atoms with Crippen LogP contribution >= 0.6 is 45.6 Å². The number of carboxylic acid groups (broad SMARTS) is 1. The molecule has 0 bridgehead atoms. The van der Waals surface area contributed by atoms with E-state index in [2.05, 4.69) is 103 Å². The lowest BCUT2D eigenvalue weighted by atomic mass is 9.76. The van der Waals surface area contributed by atoms with Gasteiger partial charge in [0.25, 0.3) is 17.7 Å². The summed E-state index contributed by atoms with van der Waals surface area (Å²) in [6, 6.07) is 22.5. The second kappa shape index (κ2) is 41.0. The van der Waals surface area contributed by atoms with Crippen LogP contribution < -0.4 is 21.4 Å². The van der Waals surface area contributed by atoms with Crippen molar-refractivity contribution < 1.29 is 66.9 Å². The van der Waals surface area contributed by atoms with E-state index in [1.54, 1.807) is 55.9 Å². The molecule has 4 N–H and O–H groups in total. The molecule has 3 unspecified atom stereocenters. The number of allylic oxidation sites excluding steroid dienone is 6. The van der Waals surface area contributed by atoms with Gasteiger partial charge in [-0.2, -0.15) is 0 Å². The molecule has 642 valence electrons. The van der Waals surface area contributed by atoms with Crippen LogP contribution in [0.1, 0.15) is 321 Å². The van der Waals surface area contributed by atoms with Crippen LogP contribution in [0.5, 0.6) is 0 Å². The average molecular weight is 1690 g/mol. The van der Waals surface area contributed by atoms with Crippen LogP contribution in [0.3, 0.4) is 0 Å². The van der Waals surface area contributed by atoms with Crippen molar-refractivity contribution in [2.45, 2.75) is 291 Å². The van der Waals surface area contributed by atoms with Crippen molar-refractivity contribution in [1.82, 2.24) is 16.0 Å². The van der Waals surface area contributed by atoms with Crippen LogP contribution in [0, 0.1) is 42.9 Å². The summed E-state index contributed by atoms with van der Waals surface area (Å²) >= 11 is 11.4. The van der Waals surface area contributed by atoms with E-state index in [0.29, 0.717) is 35.3 Å². The largest absolute Gasteiger partial charge is 0.494 e. The second-order valence-corrected chi connectivity index (χ2v) is 41.8. The molecular formula is C95H135BClN3O14S3. The van der Waals surface area contributed by atoms with Crippen molar-refractivity contribution in [3.05, 3.63) is 160 Å². The minimum Gasteiger partial charge on any atom is -0.479 e. The summed E-state index contributed by atoms with van der Waals surface area (Å²) in [7, 11) is 4.47. The molecular weight excluding hydrogens is 1550 g/mol. The van der Waals surface area contributed by atoms with Gasteiger partial charge >= 0.3 is 25.0 Å². The fourth-order valence-electron chi connectivity index (χ4n) is 13.8. The Bertz CT molecular complexity index is 4490. The number of rotatable bonds is 20. The molecule has 1 saturated heterocycles. The number of aliphatic carboxylic acids is 1. The molecule has 4 aliphatic rings. The molecule has 117 heavy (non-hydrogen) atoms. The minimum atomic E-state index is -1.05.